The first kappa shape index (κ1) is 10.2. The van der Waals surface area contributed by atoms with E-state index in [0.717, 1.165) is 6.20 Å². The Hall–Kier alpha value is -0.880. The van der Waals surface area contributed by atoms with E-state index in [2.05, 4.69) is 9.97 Å². The van der Waals surface area contributed by atoms with E-state index in [-0.39, 0.29) is 12.2 Å². The van der Waals surface area contributed by atoms with Gasteiger partial charge >= 0.3 is 6.18 Å². The maximum Gasteiger partial charge on any atom is 0.436 e. The maximum absolute atomic E-state index is 12.1. The van der Waals surface area contributed by atoms with Crippen LogP contribution in [0, 0.1) is 0 Å². The predicted octanol–water partition coefficient (Wildman–Crippen LogP) is 1.61. The Bertz CT molecular complexity index is 312. The van der Waals surface area contributed by atoms with Crippen molar-refractivity contribution in [2.24, 2.45) is 5.73 Å². The molecule has 0 fully saturated rings. The van der Waals surface area contributed by atoms with Crippen molar-refractivity contribution in [2.75, 3.05) is 0 Å². The van der Waals surface area contributed by atoms with E-state index in [1.165, 1.54) is 0 Å². The van der Waals surface area contributed by atoms with Gasteiger partial charge in [0.15, 0.2) is 10.8 Å². The van der Waals surface area contributed by atoms with Gasteiger partial charge in [0.25, 0.3) is 0 Å². The lowest BCUT2D eigenvalue weighted by atomic mass is 10.4. The monoisotopic (exact) mass is 211 g/mol. The summed E-state index contributed by atoms with van der Waals surface area (Å²) in [7, 11) is 0. The van der Waals surface area contributed by atoms with E-state index in [1.54, 1.807) is 0 Å². The van der Waals surface area contributed by atoms with Crippen molar-refractivity contribution in [3.63, 3.8) is 0 Å². The molecule has 1 aromatic rings. The fourth-order valence-corrected chi connectivity index (χ4v) is 0.888. The molecule has 3 nitrogen and oxygen atoms in total. The van der Waals surface area contributed by atoms with Crippen LogP contribution in [0.5, 0.6) is 0 Å². The SMILES string of the molecule is NCc1cnc(Cl)c(C(F)(F)F)n1. The number of aromatic nitrogens is 2. The summed E-state index contributed by atoms with van der Waals surface area (Å²) in [5.74, 6) is 0. The van der Waals surface area contributed by atoms with Gasteiger partial charge in [0, 0.05) is 6.54 Å². The van der Waals surface area contributed by atoms with Crippen LogP contribution in [0.3, 0.4) is 0 Å². The fourth-order valence-electron chi connectivity index (χ4n) is 0.690. The molecule has 0 saturated carbocycles. The van der Waals surface area contributed by atoms with Crippen molar-refractivity contribution >= 4 is 11.6 Å². The molecular weight excluding hydrogens is 207 g/mol. The Balaban J connectivity index is 3.19. The van der Waals surface area contributed by atoms with Crippen molar-refractivity contribution in [3.8, 4) is 0 Å². The quantitative estimate of drug-likeness (QED) is 0.768. The van der Waals surface area contributed by atoms with Crippen molar-refractivity contribution < 1.29 is 13.2 Å². The van der Waals surface area contributed by atoms with Crippen molar-refractivity contribution in [1.29, 1.82) is 0 Å². The van der Waals surface area contributed by atoms with Gasteiger partial charge in [-0.15, -0.1) is 0 Å². The summed E-state index contributed by atoms with van der Waals surface area (Å²) in [5, 5.41) is -0.662. The molecule has 2 N–H and O–H groups in total. The van der Waals surface area contributed by atoms with Gasteiger partial charge in [0.2, 0.25) is 0 Å². The van der Waals surface area contributed by atoms with Crippen molar-refractivity contribution in [3.05, 3.63) is 22.7 Å². The van der Waals surface area contributed by atoms with E-state index >= 15 is 0 Å². The lowest BCUT2D eigenvalue weighted by molar-refractivity contribution is -0.141. The van der Waals surface area contributed by atoms with Gasteiger partial charge in [-0.1, -0.05) is 11.6 Å². The molecule has 72 valence electrons. The molecule has 0 radical (unpaired) electrons. The lowest BCUT2D eigenvalue weighted by Gasteiger charge is -2.07. The maximum atomic E-state index is 12.1. The smallest absolute Gasteiger partial charge is 0.325 e. The van der Waals surface area contributed by atoms with Gasteiger partial charge in [0.1, 0.15) is 0 Å². The fraction of sp³-hybridized carbons (Fsp3) is 0.333. The van der Waals surface area contributed by atoms with Gasteiger partial charge in [-0.3, -0.25) is 0 Å². The van der Waals surface area contributed by atoms with Crippen LogP contribution in [-0.2, 0) is 12.7 Å². The van der Waals surface area contributed by atoms with Crippen molar-refractivity contribution in [1.82, 2.24) is 9.97 Å². The minimum Gasteiger partial charge on any atom is -0.325 e. The molecule has 1 heterocycles. The topological polar surface area (TPSA) is 51.8 Å². The van der Waals surface area contributed by atoms with Crippen LogP contribution in [0.1, 0.15) is 11.4 Å². The second kappa shape index (κ2) is 3.47. The summed E-state index contributed by atoms with van der Waals surface area (Å²) in [6.45, 7) is -0.104. The average Bonchev–Trinajstić information content (AvgIpc) is 2.03. The Kier molecular flexibility index (Phi) is 2.72. The summed E-state index contributed by atoms with van der Waals surface area (Å²) >= 11 is 5.20. The molecule has 0 aliphatic heterocycles. The predicted molar refractivity (Wildman–Crippen MR) is 39.9 cm³/mol. The molecule has 0 amide bonds. The molecule has 1 aromatic heterocycles. The number of alkyl halides is 3. The summed E-state index contributed by atoms with van der Waals surface area (Å²) in [6.07, 6.45) is -3.48. The summed E-state index contributed by atoms with van der Waals surface area (Å²) in [6, 6.07) is 0. The van der Waals surface area contributed by atoms with E-state index in [0.29, 0.717) is 0 Å². The summed E-state index contributed by atoms with van der Waals surface area (Å²) in [5.41, 5.74) is 3.95. The zero-order valence-electron chi connectivity index (χ0n) is 6.27. The van der Waals surface area contributed by atoms with Crippen LogP contribution < -0.4 is 5.73 Å². The third kappa shape index (κ3) is 2.28. The first-order valence-corrected chi connectivity index (χ1v) is 3.61. The molecule has 7 heteroatoms. The normalized spacial score (nSPS) is 11.8. The van der Waals surface area contributed by atoms with Gasteiger partial charge in [-0.2, -0.15) is 13.2 Å². The van der Waals surface area contributed by atoms with Crippen LogP contribution in [0.2, 0.25) is 5.15 Å². The average molecular weight is 212 g/mol. The first-order chi connectivity index (χ1) is 5.95. The van der Waals surface area contributed by atoms with E-state index in [4.69, 9.17) is 17.3 Å². The molecule has 0 aliphatic carbocycles. The van der Waals surface area contributed by atoms with Crippen molar-refractivity contribution in [2.45, 2.75) is 12.7 Å². The number of nitrogens with zero attached hydrogens (tertiary/aromatic N) is 2. The minimum atomic E-state index is -4.59. The third-order valence-electron chi connectivity index (χ3n) is 1.26. The van der Waals surface area contributed by atoms with E-state index < -0.39 is 17.0 Å². The molecule has 13 heavy (non-hydrogen) atoms. The Morgan fingerprint density at radius 1 is 1.46 bits per heavy atom. The van der Waals surface area contributed by atoms with E-state index in [1.807, 2.05) is 0 Å². The first-order valence-electron chi connectivity index (χ1n) is 3.24. The summed E-state index contributed by atoms with van der Waals surface area (Å²) < 4.78 is 36.4. The van der Waals surface area contributed by atoms with Crippen LogP contribution in [0.25, 0.3) is 0 Å². The molecular formula is C6H5ClF3N3. The van der Waals surface area contributed by atoms with Gasteiger partial charge in [-0.25, -0.2) is 9.97 Å². The third-order valence-corrected chi connectivity index (χ3v) is 1.53. The number of rotatable bonds is 1. The van der Waals surface area contributed by atoms with E-state index in [9.17, 15) is 13.2 Å². The van der Waals surface area contributed by atoms with Crippen LogP contribution in [0.4, 0.5) is 13.2 Å². The number of hydrogen-bond acceptors (Lipinski definition) is 3. The second-order valence-electron chi connectivity index (χ2n) is 2.20. The molecule has 0 unspecified atom stereocenters. The molecule has 0 aliphatic rings. The highest BCUT2D eigenvalue weighted by Gasteiger charge is 2.36. The molecule has 0 aromatic carbocycles. The second-order valence-corrected chi connectivity index (χ2v) is 2.56. The molecule has 1 rings (SSSR count). The standard InChI is InChI=1S/C6H5ClF3N3/c7-5-4(6(8,9)10)13-3(1-11)2-12-5/h2H,1,11H2. The number of nitrogens with two attached hydrogens (primary N) is 1. The largest absolute Gasteiger partial charge is 0.436 e. The zero-order valence-corrected chi connectivity index (χ0v) is 7.02. The Labute approximate surface area is 76.7 Å². The Morgan fingerprint density at radius 3 is 2.54 bits per heavy atom. The number of halogens is 4. The Morgan fingerprint density at radius 2 is 2.08 bits per heavy atom. The molecule has 0 spiro atoms. The molecule has 0 bridgehead atoms. The highest BCUT2D eigenvalue weighted by Crippen LogP contribution is 2.31. The molecule has 0 atom stereocenters. The lowest BCUT2D eigenvalue weighted by Crippen LogP contribution is -2.13. The zero-order chi connectivity index (χ0) is 10.1. The number of hydrogen-bond donors (Lipinski definition) is 1. The van der Waals surface area contributed by atoms with Crippen LogP contribution >= 0.6 is 11.6 Å². The van der Waals surface area contributed by atoms with Gasteiger partial charge < -0.3 is 5.73 Å². The van der Waals surface area contributed by atoms with Gasteiger partial charge in [-0.05, 0) is 0 Å². The van der Waals surface area contributed by atoms with Crippen LogP contribution in [0.15, 0.2) is 6.20 Å². The van der Waals surface area contributed by atoms with Gasteiger partial charge in [0.05, 0.1) is 11.9 Å². The highest BCUT2D eigenvalue weighted by molar-refractivity contribution is 6.30. The van der Waals surface area contributed by atoms with Crippen LogP contribution in [-0.4, -0.2) is 9.97 Å². The minimum absolute atomic E-state index is 0.0525. The molecule has 0 saturated heterocycles. The highest BCUT2D eigenvalue weighted by atomic mass is 35.5. The summed E-state index contributed by atoms with van der Waals surface area (Å²) in [4.78, 5) is 6.54.